The summed E-state index contributed by atoms with van der Waals surface area (Å²) >= 11 is 7.79. The Balaban J connectivity index is 1.71. The van der Waals surface area contributed by atoms with Crippen LogP contribution in [0.15, 0.2) is 65.6 Å². The highest BCUT2D eigenvalue weighted by molar-refractivity contribution is 7.14. The Hall–Kier alpha value is -2.83. The number of ether oxygens (including phenoxy) is 2. The molecule has 27 heavy (non-hydrogen) atoms. The fourth-order valence-corrected chi connectivity index (χ4v) is 3.17. The molecule has 0 spiro atoms. The van der Waals surface area contributed by atoms with Crippen molar-refractivity contribution in [2.45, 2.75) is 0 Å². The number of nitrogens with one attached hydrogen (secondary N) is 1. The van der Waals surface area contributed by atoms with Crippen LogP contribution in [0.2, 0.25) is 5.02 Å². The number of hydrogen-bond donors (Lipinski definition) is 1. The van der Waals surface area contributed by atoms with E-state index in [-0.39, 0.29) is 0 Å². The van der Waals surface area contributed by atoms with Crippen LogP contribution < -0.4 is 14.9 Å². The smallest absolute Gasteiger partial charge is 0.203 e. The topological polar surface area (TPSA) is 55.7 Å². The summed E-state index contributed by atoms with van der Waals surface area (Å²) in [5.74, 6) is 1.13. The van der Waals surface area contributed by atoms with Crippen LogP contribution >= 0.6 is 22.9 Å². The van der Waals surface area contributed by atoms with Gasteiger partial charge in [-0.25, -0.2) is 4.98 Å². The van der Waals surface area contributed by atoms with Crippen molar-refractivity contribution in [2.75, 3.05) is 19.1 Å². The number of hydrazone groups is 1. The molecule has 0 bridgehead atoms. The maximum Gasteiger partial charge on any atom is 0.203 e. The Bertz CT molecular complexity index is 942. The fourth-order valence-electron chi connectivity index (χ4n) is 2.29. The van der Waals surface area contributed by atoms with Gasteiger partial charge in [0.25, 0.3) is 0 Å². The fraction of sp³-hybridized carbons (Fsp3) is 0.100. The van der Waals surface area contributed by atoms with E-state index in [9.17, 15) is 0 Å². The summed E-state index contributed by atoms with van der Waals surface area (Å²) in [6.45, 7) is 4.00. The third-order valence-corrected chi connectivity index (χ3v) is 4.65. The van der Waals surface area contributed by atoms with Crippen LogP contribution in [0.5, 0.6) is 11.5 Å². The van der Waals surface area contributed by atoms with Crippen molar-refractivity contribution in [1.82, 2.24) is 4.98 Å². The normalized spacial score (nSPS) is 10.7. The number of rotatable bonds is 8. The molecule has 0 aliphatic carbocycles. The molecule has 0 amide bonds. The van der Waals surface area contributed by atoms with Gasteiger partial charge in [0.1, 0.15) is 6.61 Å². The molecule has 0 saturated heterocycles. The van der Waals surface area contributed by atoms with Gasteiger partial charge < -0.3 is 9.47 Å². The van der Waals surface area contributed by atoms with Gasteiger partial charge in [0.2, 0.25) is 5.13 Å². The van der Waals surface area contributed by atoms with Crippen LogP contribution in [-0.4, -0.2) is 24.9 Å². The standard InChI is InChI=1S/C20H18ClN3O2S/c1-3-9-26-19-11-16(21)15(10-18(19)25-2)12-22-24-20-23-17(13-27-20)14-7-5-4-6-8-14/h3-8,10-13H,1,9H2,2H3,(H,23,24). The Morgan fingerprint density at radius 2 is 2.07 bits per heavy atom. The second-order valence-corrected chi connectivity index (χ2v) is 6.66. The molecular weight excluding hydrogens is 382 g/mol. The number of aromatic nitrogens is 1. The summed E-state index contributed by atoms with van der Waals surface area (Å²) < 4.78 is 10.9. The predicted molar refractivity (Wildman–Crippen MR) is 112 cm³/mol. The maximum atomic E-state index is 6.31. The molecular formula is C20H18ClN3O2S. The van der Waals surface area contributed by atoms with Crippen molar-refractivity contribution < 1.29 is 9.47 Å². The number of thiazole rings is 1. The molecule has 0 radical (unpaired) electrons. The second-order valence-electron chi connectivity index (χ2n) is 5.40. The number of methoxy groups -OCH3 is 1. The second kappa shape index (κ2) is 9.21. The van der Waals surface area contributed by atoms with Crippen LogP contribution in [-0.2, 0) is 0 Å². The minimum atomic E-state index is 0.371. The summed E-state index contributed by atoms with van der Waals surface area (Å²) in [7, 11) is 1.57. The molecule has 3 aromatic rings. The first-order valence-electron chi connectivity index (χ1n) is 8.12. The SMILES string of the molecule is C=CCOc1cc(Cl)c(C=NNc2nc(-c3ccccc3)cs2)cc1OC. The molecule has 1 aromatic heterocycles. The van der Waals surface area contributed by atoms with Crippen molar-refractivity contribution in [3.8, 4) is 22.8 Å². The molecule has 3 rings (SSSR count). The first-order valence-corrected chi connectivity index (χ1v) is 9.38. The Morgan fingerprint density at radius 3 is 2.81 bits per heavy atom. The molecule has 0 aliphatic rings. The number of benzene rings is 2. The Labute approximate surface area is 166 Å². The van der Waals surface area contributed by atoms with Gasteiger partial charge in [0.05, 0.1) is 24.0 Å². The zero-order valence-corrected chi connectivity index (χ0v) is 16.3. The largest absolute Gasteiger partial charge is 0.493 e. The molecule has 1 heterocycles. The predicted octanol–water partition coefficient (Wildman–Crippen LogP) is 5.48. The van der Waals surface area contributed by atoms with Gasteiger partial charge in [0, 0.05) is 22.6 Å². The van der Waals surface area contributed by atoms with Gasteiger partial charge in [-0.15, -0.1) is 11.3 Å². The van der Waals surface area contributed by atoms with E-state index in [1.54, 1.807) is 31.5 Å². The van der Waals surface area contributed by atoms with E-state index in [4.69, 9.17) is 21.1 Å². The highest BCUT2D eigenvalue weighted by Gasteiger charge is 2.09. The van der Waals surface area contributed by atoms with Crippen LogP contribution in [0.1, 0.15) is 5.56 Å². The van der Waals surface area contributed by atoms with E-state index in [0.29, 0.717) is 33.8 Å². The lowest BCUT2D eigenvalue weighted by molar-refractivity contribution is 0.326. The van der Waals surface area contributed by atoms with Crippen LogP contribution in [0.25, 0.3) is 11.3 Å². The van der Waals surface area contributed by atoms with E-state index in [2.05, 4.69) is 22.1 Å². The molecule has 7 heteroatoms. The lowest BCUT2D eigenvalue weighted by Gasteiger charge is -2.11. The molecule has 138 valence electrons. The van der Waals surface area contributed by atoms with Crippen LogP contribution in [0, 0.1) is 0 Å². The molecule has 0 saturated carbocycles. The van der Waals surface area contributed by atoms with E-state index in [1.807, 2.05) is 35.7 Å². The number of nitrogens with zero attached hydrogens (tertiary/aromatic N) is 2. The quantitative estimate of drug-likeness (QED) is 0.309. The summed E-state index contributed by atoms with van der Waals surface area (Å²) in [4.78, 5) is 4.52. The zero-order chi connectivity index (χ0) is 19.1. The van der Waals surface area contributed by atoms with Crippen LogP contribution in [0.4, 0.5) is 5.13 Å². The zero-order valence-electron chi connectivity index (χ0n) is 14.7. The summed E-state index contributed by atoms with van der Waals surface area (Å²) in [5, 5.41) is 7.40. The molecule has 1 N–H and O–H groups in total. The lowest BCUT2D eigenvalue weighted by atomic mass is 10.2. The van der Waals surface area contributed by atoms with Crippen molar-refractivity contribution >= 4 is 34.3 Å². The van der Waals surface area contributed by atoms with Gasteiger partial charge >= 0.3 is 0 Å². The Kier molecular flexibility index (Phi) is 6.46. The molecule has 0 fully saturated rings. The van der Waals surface area contributed by atoms with E-state index >= 15 is 0 Å². The molecule has 2 aromatic carbocycles. The van der Waals surface area contributed by atoms with E-state index in [1.165, 1.54) is 11.3 Å². The van der Waals surface area contributed by atoms with Gasteiger partial charge in [-0.3, -0.25) is 5.43 Å². The number of halogens is 1. The van der Waals surface area contributed by atoms with Crippen molar-refractivity contribution in [2.24, 2.45) is 5.10 Å². The number of anilines is 1. The molecule has 0 atom stereocenters. The van der Waals surface area contributed by atoms with Crippen LogP contribution in [0.3, 0.4) is 0 Å². The van der Waals surface area contributed by atoms with Gasteiger partial charge in [0.15, 0.2) is 11.5 Å². The van der Waals surface area contributed by atoms with Gasteiger partial charge in [-0.05, 0) is 6.07 Å². The minimum absolute atomic E-state index is 0.371. The van der Waals surface area contributed by atoms with E-state index < -0.39 is 0 Å². The van der Waals surface area contributed by atoms with Crippen molar-refractivity contribution in [3.05, 3.63) is 71.1 Å². The summed E-state index contributed by atoms with van der Waals surface area (Å²) in [5.41, 5.74) is 5.60. The van der Waals surface area contributed by atoms with Gasteiger partial charge in [-0.2, -0.15) is 5.10 Å². The van der Waals surface area contributed by atoms with E-state index in [0.717, 1.165) is 11.3 Å². The van der Waals surface area contributed by atoms with Crippen molar-refractivity contribution in [1.29, 1.82) is 0 Å². The summed E-state index contributed by atoms with van der Waals surface area (Å²) in [6.07, 6.45) is 3.27. The molecule has 0 aliphatic heterocycles. The third-order valence-electron chi connectivity index (χ3n) is 3.58. The maximum absolute atomic E-state index is 6.31. The minimum Gasteiger partial charge on any atom is -0.493 e. The molecule has 0 unspecified atom stereocenters. The average Bonchev–Trinajstić information content (AvgIpc) is 3.17. The van der Waals surface area contributed by atoms with Gasteiger partial charge in [-0.1, -0.05) is 54.6 Å². The Morgan fingerprint density at radius 1 is 1.26 bits per heavy atom. The first kappa shape index (κ1) is 18.9. The third kappa shape index (κ3) is 4.87. The number of hydrogen-bond acceptors (Lipinski definition) is 6. The first-order chi connectivity index (χ1) is 13.2. The molecule has 5 nitrogen and oxygen atoms in total. The average molecular weight is 400 g/mol. The highest BCUT2D eigenvalue weighted by atomic mass is 35.5. The van der Waals surface area contributed by atoms with Crippen molar-refractivity contribution in [3.63, 3.8) is 0 Å². The lowest BCUT2D eigenvalue weighted by Crippen LogP contribution is -1.98. The highest BCUT2D eigenvalue weighted by Crippen LogP contribution is 2.33. The summed E-state index contributed by atoms with van der Waals surface area (Å²) in [6, 6.07) is 13.4. The monoisotopic (exact) mass is 399 g/mol.